The van der Waals surface area contributed by atoms with Gasteiger partial charge in [-0.15, -0.1) is 0 Å². The zero-order chi connectivity index (χ0) is 16.1. The molecule has 2 amide bonds. The Morgan fingerprint density at radius 1 is 1.17 bits per heavy atom. The topological polar surface area (TPSA) is 53.4 Å². The quantitative estimate of drug-likeness (QED) is 0.931. The number of nitrogens with zero attached hydrogens (tertiary/aromatic N) is 4. The number of rotatable bonds is 3. The molecule has 1 aliphatic heterocycles. The largest absolute Gasteiger partial charge is 0.323 e. The van der Waals surface area contributed by atoms with Crippen molar-refractivity contribution in [3.63, 3.8) is 0 Å². The molecule has 2 heterocycles. The predicted molar refractivity (Wildman–Crippen MR) is 91.4 cm³/mol. The number of hydrogen-bond donors (Lipinski definition) is 1. The average Bonchev–Trinajstić information content (AvgIpc) is 2.82. The number of aromatic nitrogens is 2. The van der Waals surface area contributed by atoms with Crippen molar-refractivity contribution in [2.24, 2.45) is 13.0 Å². The van der Waals surface area contributed by atoms with E-state index in [-0.39, 0.29) is 6.03 Å². The van der Waals surface area contributed by atoms with Crippen molar-refractivity contribution in [2.75, 3.05) is 38.0 Å². The van der Waals surface area contributed by atoms with Crippen LogP contribution in [0.25, 0.3) is 0 Å². The first kappa shape index (κ1) is 16.3. The van der Waals surface area contributed by atoms with Gasteiger partial charge in [-0.25, -0.2) is 4.79 Å². The Bertz CT molecular complexity index is 509. The molecule has 0 bridgehead atoms. The Hall–Kier alpha value is -1.56. The lowest BCUT2D eigenvalue weighted by molar-refractivity contribution is 0.197. The second-order valence-corrected chi connectivity index (χ2v) is 6.95. The lowest BCUT2D eigenvalue weighted by Gasteiger charge is -2.28. The van der Waals surface area contributed by atoms with Crippen LogP contribution in [0.15, 0.2) is 12.3 Å². The minimum atomic E-state index is -0.0248. The van der Waals surface area contributed by atoms with Gasteiger partial charge < -0.3 is 9.80 Å². The first-order valence-corrected chi connectivity index (χ1v) is 8.98. The van der Waals surface area contributed by atoms with Gasteiger partial charge in [0.2, 0.25) is 0 Å². The van der Waals surface area contributed by atoms with Crippen molar-refractivity contribution in [3.8, 4) is 0 Å². The number of carbonyl (C=O) groups excluding carboxylic acids is 1. The van der Waals surface area contributed by atoms with Gasteiger partial charge in [0.05, 0.1) is 0 Å². The maximum atomic E-state index is 12.4. The number of urea groups is 1. The smallest absolute Gasteiger partial charge is 0.323 e. The van der Waals surface area contributed by atoms with Gasteiger partial charge in [0.1, 0.15) is 0 Å². The second kappa shape index (κ2) is 7.81. The van der Waals surface area contributed by atoms with Crippen LogP contribution in [-0.4, -0.2) is 58.3 Å². The summed E-state index contributed by atoms with van der Waals surface area (Å²) in [6.45, 7) is 4.97. The van der Waals surface area contributed by atoms with Crippen LogP contribution in [0.3, 0.4) is 0 Å². The van der Waals surface area contributed by atoms with E-state index in [9.17, 15) is 4.79 Å². The highest BCUT2D eigenvalue weighted by molar-refractivity contribution is 5.88. The fourth-order valence-corrected chi connectivity index (χ4v) is 3.76. The Labute approximate surface area is 138 Å². The van der Waals surface area contributed by atoms with E-state index in [4.69, 9.17) is 0 Å². The molecule has 128 valence electrons. The molecule has 23 heavy (non-hydrogen) atoms. The Morgan fingerprint density at radius 2 is 2.00 bits per heavy atom. The summed E-state index contributed by atoms with van der Waals surface area (Å²) in [7, 11) is 1.85. The van der Waals surface area contributed by atoms with Crippen LogP contribution in [-0.2, 0) is 7.05 Å². The first-order chi connectivity index (χ1) is 11.2. The maximum absolute atomic E-state index is 12.4. The van der Waals surface area contributed by atoms with Gasteiger partial charge in [-0.05, 0) is 31.7 Å². The summed E-state index contributed by atoms with van der Waals surface area (Å²) in [5.74, 6) is 1.50. The van der Waals surface area contributed by atoms with Crippen LogP contribution < -0.4 is 5.32 Å². The number of nitrogens with one attached hydrogen (secondary N) is 1. The summed E-state index contributed by atoms with van der Waals surface area (Å²) >= 11 is 0. The van der Waals surface area contributed by atoms with E-state index in [0.717, 1.165) is 38.5 Å². The highest BCUT2D eigenvalue weighted by atomic mass is 16.2. The summed E-state index contributed by atoms with van der Waals surface area (Å²) in [6, 6.07) is 1.80. The van der Waals surface area contributed by atoms with Crippen molar-refractivity contribution in [1.29, 1.82) is 0 Å². The summed E-state index contributed by atoms with van der Waals surface area (Å²) in [4.78, 5) is 16.9. The van der Waals surface area contributed by atoms with E-state index in [1.54, 1.807) is 4.68 Å². The van der Waals surface area contributed by atoms with Crippen LogP contribution in [0.2, 0.25) is 0 Å². The summed E-state index contributed by atoms with van der Waals surface area (Å²) in [6.07, 6.45) is 9.89. The molecule has 1 N–H and O–H groups in total. The normalized spacial score (nSPS) is 21.2. The van der Waals surface area contributed by atoms with Crippen molar-refractivity contribution >= 4 is 11.8 Å². The van der Waals surface area contributed by atoms with Crippen LogP contribution in [0.1, 0.15) is 38.5 Å². The molecule has 1 saturated heterocycles. The third kappa shape index (κ3) is 4.70. The molecular formula is C17H29N5O. The minimum absolute atomic E-state index is 0.0248. The molecule has 0 aromatic carbocycles. The van der Waals surface area contributed by atoms with Gasteiger partial charge in [0.15, 0.2) is 5.82 Å². The van der Waals surface area contributed by atoms with Gasteiger partial charge in [-0.3, -0.25) is 10.00 Å². The third-order valence-corrected chi connectivity index (χ3v) is 5.07. The Kier molecular flexibility index (Phi) is 5.54. The lowest BCUT2D eigenvalue weighted by Crippen LogP contribution is -2.39. The van der Waals surface area contributed by atoms with E-state index in [2.05, 4.69) is 15.3 Å². The zero-order valence-corrected chi connectivity index (χ0v) is 14.2. The molecule has 0 radical (unpaired) electrons. The first-order valence-electron chi connectivity index (χ1n) is 8.98. The SMILES string of the molecule is Cn1ccc(NC(=O)N2CCCN(CC3CCCCC3)CC2)n1. The molecule has 2 aliphatic rings. The van der Waals surface area contributed by atoms with Gasteiger partial charge in [-0.1, -0.05) is 19.3 Å². The van der Waals surface area contributed by atoms with Crippen molar-refractivity contribution in [3.05, 3.63) is 12.3 Å². The molecule has 0 spiro atoms. The van der Waals surface area contributed by atoms with Crippen LogP contribution in [0, 0.1) is 5.92 Å². The highest BCUT2D eigenvalue weighted by Gasteiger charge is 2.22. The van der Waals surface area contributed by atoms with Crippen molar-refractivity contribution < 1.29 is 4.79 Å². The summed E-state index contributed by atoms with van der Waals surface area (Å²) in [5, 5.41) is 7.10. The average molecular weight is 319 g/mol. The van der Waals surface area contributed by atoms with Crippen molar-refractivity contribution in [1.82, 2.24) is 19.6 Å². The molecular weight excluding hydrogens is 290 g/mol. The van der Waals surface area contributed by atoms with E-state index in [1.807, 2.05) is 24.2 Å². The second-order valence-electron chi connectivity index (χ2n) is 6.95. The van der Waals surface area contributed by atoms with Gasteiger partial charge in [0, 0.05) is 45.5 Å². The number of aryl methyl sites for hydroxylation is 1. The van der Waals surface area contributed by atoms with Gasteiger partial charge in [-0.2, -0.15) is 5.10 Å². The number of anilines is 1. The fraction of sp³-hybridized carbons (Fsp3) is 0.765. The number of carbonyl (C=O) groups is 1. The van der Waals surface area contributed by atoms with E-state index in [1.165, 1.54) is 38.6 Å². The van der Waals surface area contributed by atoms with Crippen LogP contribution >= 0.6 is 0 Å². The molecule has 3 rings (SSSR count). The monoisotopic (exact) mass is 319 g/mol. The van der Waals surface area contributed by atoms with Crippen LogP contribution in [0.5, 0.6) is 0 Å². The molecule has 1 aromatic rings. The number of amides is 2. The molecule has 0 atom stereocenters. The standard InChI is InChI=1S/C17H29N5O/c1-20-11-8-16(19-20)18-17(23)22-10-5-9-21(12-13-22)14-15-6-3-2-4-7-15/h8,11,15H,2-7,9-10,12-14H2,1H3,(H,18,19,23). The summed E-state index contributed by atoms with van der Waals surface area (Å²) in [5.41, 5.74) is 0. The van der Waals surface area contributed by atoms with Gasteiger partial charge >= 0.3 is 6.03 Å². The van der Waals surface area contributed by atoms with Crippen molar-refractivity contribution in [2.45, 2.75) is 38.5 Å². The minimum Gasteiger partial charge on any atom is -0.323 e. The molecule has 1 aromatic heterocycles. The lowest BCUT2D eigenvalue weighted by atomic mass is 9.89. The predicted octanol–water partition coefficient (Wildman–Crippen LogP) is 2.54. The third-order valence-electron chi connectivity index (χ3n) is 5.07. The van der Waals surface area contributed by atoms with Gasteiger partial charge in [0.25, 0.3) is 0 Å². The van der Waals surface area contributed by atoms with E-state index < -0.39 is 0 Å². The van der Waals surface area contributed by atoms with E-state index in [0.29, 0.717) is 5.82 Å². The molecule has 1 aliphatic carbocycles. The highest BCUT2D eigenvalue weighted by Crippen LogP contribution is 2.24. The molecule has 2 fully saturated rings. The Morgan fingerprint density at radius 3 is 2.74 bits per heavy atom. The summed E-state index contributed by atoms with van der Waals surface area (Å²) < 4.78 is 1.70. The molecule has 0 unspecified atom stereocenters. The molecule has 6 nitrogen and oxygen atoms in total. The maximum Gasteiger partial charge on any atom is 0.323 e. The molecule has 6 heteroatoms. The zero-order valence-electron chi connectivity index (χ0n) is 14.2. The Balaban J connectivity index is 1.46. The fourth-order valence-electron chi connectivity index (χ4n) is 3.76. The molecule has 1 saturated carbocycles. The number of hydrogen-bond acceptors (Lipinski definition) is 3. The van der Waals surface area contributed by atoms with E-state index >= 15 is 0 Å². The van der Waals surface area contributed by atoms with Crippen LogP contribution in [0.4, 0.5) is 10.6 Å².